The molecule has 0 saturated carbocycles. The SMILES string of the molecule is O=C(Nc1cccc(C(=O)N2CCC[C@@H]2c2cccnc2)c1)c1cccs1. The predicted molar refractivity (Wildman–Crippen MR) is 106 cm³/mol. The average Bonchev–Trinajstić information content (AvgIpc) is 3.40. The molecule has 6 heteroatoms. The Morgan fingerprint density at radius 2 is 2.07 bits per heavy atom. The van der Waals surface area contributed by atoms with Crippen LogP contribution in [0.5, 0.6) is 0 Å². The van der Waals surface area contributed by atoms with Crippen LogP contribution in [0.4, 0.5) is 5.69 Å². The summed E-state index contributed by atoms with van der Waals surface area (Å²) in [6.45, 7) is 0.726. The maximum atomic E-state index is 13.1. The smallest absolute Gasteiger partial charge is 0.265 e. The first-order valence-corrected chi connectivity index (χ1v) is 9.76. The normalized spacial score (nSPS) is 16.3. The molecule has 3 heterocycles. The summed E-state index contributed by atoms with van der Waals surface area (Å²) in [5, 5.41) is 4.73. The van der Waals surface area contributed by atoms with Gasteiger partial charge in [0.15, 0.2) is 0 Å². The molecule has 0 bridgehead atoms. The molecule has 1 aromatic carbocycles. The van der Waals surface area contributed by atoms with Crippen LogP contribution in [0, 0.1) is 0 Å². The van der Waals surface area contributed by atoms with Crippen molar-refractivity contribution in [3.05, 3.63) is 82.3 Å². The fraction of sp³-hybridized carbons (Fsp3) is 0.190. The summed E-state index contributed by atoms with van der Waals surface area (Å²) in [4.78, 5) is 32.1. The topological polar surface area (TPSA) is 62.3 Å². The number of carbonyl (C=O) groups is 2. The minimum absolute atomic E-state index is 0.0198. The third-order valence-electron chi connectivity index (χ3n) is 4.70. The lowest BCUT2D eigenvalue weighted by Crippen LogP contribution is -2.30. The van der Waals surface area contributed by atoms with Gasteiger partial charge in [0.1, 0.15) is 0 Å². The minimum atomic E-state index is -0.163. The highest BCUT2D eigenvalue weighted by molar-refractivity contribution is 7.12. The fourth-order valence-corrected chi connectivity index (χ4v) is 4.04. The van der Waals surface area contributed by atoms with Gasteiger partial charge in [-0.05, 0) is 54.1 Å². The zero-order valence-corrected chi connectivity index (χ0v) is 15.5. The van der Waals surface area contributed by atoms with Gasteiger partial charge in [0.25, 0.3) is 11.8 Å². The fourth-order valence-electron chi connectivity index (χ4n) is 3.43. The second-order valence-corrected chi connectivity index (χ2v) is 7.40. The van der Waals surface area contributed by atoms with Crippen molar-refractivity contribution < 1.29 is 9.59 Å². The highest BCUT2D eigenvalue weighted by Gasteiger charge is 2.30. The van der Waals surface area contributed by atoms with Crippen molar-refractivity contribution in [2.24, 2.45) is 0 Å². The summed E-state index contributed by atoms with van der Waals surface area (Å²) >= 11 is 1.39. The van der Waals surface area contributed by atoms with Gasteiger partial charge in [0, 0.05) is 30.2 Å². The number of anilines is 1. The van der Waals surface area contributed by atoms with E-state index in [2.05, 4.69) is 10.3 Å². The number of nitrogens with zero attached hydrogens (tertiary/aromatic N) is 2. The van der Waals surface area contributed by atoms with E-state index < -0.39 is 0 Å². The van der Waals surface area contributed by atoms with E-state index in [-0.39, 0.29) is 17.9 Å². The van der Waals surface area contributed by atoms with Gasteiger partial charge in [-0.3, -0.25) is 14.6 Å². The first-order chi connectivity index (χ1) is 13.2. The van der Waals surface area contributed by atoms with E-state index in [0.717, 1.165) is 24.9 Å². The van der Waals surface area contributed by atoms with Crippen molar-refractivity contribution in [1.29, 1.82) is 0 Å². The Kier molecular flexibility index (Phi) is 4.98. The van der Waals surface area contributed by atoms with Gasteiger partial charge >= 0.3 is 0 Å². The molecule has 3 aromatic rings. The number of nitrogens with one attached hydrogen (secondary N) is 1. The van der Waals surface area contributed by atoms with Gasteiger partial charge in [-0.25, -0.2) is 0 Å². The van der Waals surface area contributed by atoms with E-state index in [9.17, 15) is 9.59 Å². The molecule has 1 aliphatic heterocycles. The molecule has 1 saturated heterocycles. The quantitative estimate of drug-likeness (QED) is 0.734. The van der Waals surface area contributed by atoms with E-state index in [1.165, 1.54) is 11.3 Å². The van der Waals surface area contributed by atoms with Gasteiger partial charge in [0.2, 0.25) is 0 Å². The number of hydrogen-bond donors (Lipinski definition) is 1. The first kappa shape index (κ1) is 17.4. The van der Waals surface area contributed by atoms with E-state index in [1.807, 2.05) is 34.7 Å². The number of pyridine rings is 1. The highest BCUT2D eigenvalue weighted by atomic mass is 32.1. The Morgan fingerprint density at radius 1 is 1.15 bits per heavy atom. The zero-order chi connectivity index (χ0) is 18.6. The van der Waals surface area contributed by atoms with Crippen LogP contribution in [0.25, 0.3) is 0 Å². The number of likely N-dealkylation sites (tertiary alicyclic amines) is 1. The Morgan fingerprint density at radius 3 is 2.85 bits per heavy atom. The lowest BCUT2D eigenvalue weighted by molar-refractivity contribution is 0.0735. The molecule has 27 heavy (non-hydrogen) atoms. The van der Waals surface area contributed by atoms with Gasteiger partial charge < -0.3 is 10.2 Å². The lowest BCUT2D eigenvalue weighted by atomic mass is 10.1. The van der Waals surface area contributed by atoms with Crippen molar-refractivity contribution >= 4 is 28.8 Å². The zero-order valence-electron chi connectivity index (χ0n) is 14.7. The summed E-state index contributed by atoms with van der Waals surface area (Å²) in [6.07, 6.45) is 5.48. The number of aromatic nitrogens is 1. The van der Waals surface area contributed by atoms with Crippen molar-refractivity contribution in [3.8, 4) is 0 Å². The molecule has 0 unspecified atom stereocenters. The summed E-state index contributed by atoms with van der Waals surface area (Å²) in [5.41, 5.74) is 2.26. The second-order valence-electron chi connectivity index (χ2n) is 6.46. The second kappa shape index (κ2) is 7.72. The molecule has 136 valence electrons. The Bertz CT molecular complexity index is 941. The molecule has 1 fully saturated rings. The molecule has 0 spiro atoms. The molecule has 0 aliphatic carbocycles. The van der Waals surface area contributed by atoms with Gasteiger partial charge in [-0.1, -0.05) is 18.2 Å². The Labute approximate surface area is 161 Å². The molecule has 0 radical (unpaired) electrons. The molecule has 2 amide bonds. The van der Waals surface area contributed by atoms with Crippen LogP contribution >= 0.6 is 11.3 Å². The van der Waals surface area contributed by atoms with E-state index in [1.54, 1.807) is 36.5 Å². The summed E-state index contributed by atoms with van der Waals surface area (Å²) in [5.74, 6) is -0.183. The van der Waals surface area contributed by atoms with E-state index in [4.69, 9.17) is 0 Å². The molecule has 2 aromatic heterocycles. The maximum absolute atomic E-state index is 13.1. The maximum Gasteiger partial charge on any atom is 0.265 e. The van der Waals surface area contributed by atoms with Crippen molar-refractivity contribution in [1.82, 2.24) is 9.88 Å². The van der Waals surface area contributed by atoms with Crippen molar-refractivity contribution in [2.75, 3.05) is 11.9 Å². The van der Waals surface area contributed by atoms with Gasteiger partial charge in [-0.2, -0.15) is 0 Å². The number of rotatable bonds is 4. The monoisotopic (exact) mass is 377 g/mol. The van der Waals surface area contributed by atoms with Crippen LogP contribution in [0.2, 0.25) is 0 Å². The molecule has 1 N–H and O–H groups in total. The standard InChI is InChI=1S/C21H19N3O2S/c25-20(19-9-4-12-27-19)23-17-7-1-5-15(13-17)21(26)24-11-3-8-18(24)16-6-2-10-22-14-16/h1-2,4-7,9-10,12-14,18H,3,8,11H2,(H,23,25)/t18-/m1/s1. The van der Waals surface area contributed by atoms with Crippen molar-refractivity contribution in [2.45, 2.75) is 18.9 Å². The van der Waals surface area contributed by atoms with Crippen molar-refractivity contribution in [3.63, 3.8) is 0 Å². The number of benzene rings is 1. The van der Waals surface area contributed by atoms with Crippen LogP contribution in [0.15, 0.2) is 66.3 Å². The molecular formula is C21H19N3O2S. The molecule has 1 aliphatic rings. The van der Waals surface area contributed by atoms with Gasteiger partial charge in [0.05, 0.1) is 10.9 Å². The lowest BCUT2D eigenvalue weighted by Gasteiger charge is -2.25. The Hall–Kier alpha value is -2.99. The largest absolute Gasteiger partial charge is 0.332 e. The molecule has 5 nitrogen and oxygen atoms in total. The van der Waals surface area contributed by atoms with E-state index in [0.29, 0.717) is 16.1 Å². The van der Waals surface area contributed by atoms with Crippen LogP contribution in [-0.2, 0) is 0 Å². The number of amides is 2. The van der Waals surface area contributed by atoms with Crippen LogP contribution in [0.3, 0.4) is 0 Å². The number of thiophene rings is 1. The summed E-state index contributed by atoms with van der Waals surface area (Å²) in [6, 6.07) is 14.7. The summed E-state index contributed by atoms with van der Waals surface area (Å²) in [7, 11) is 0. The minimum Gasteiger partial charge on any atom is -0.332 e. The van der Waals surface area contributed by atoms with Crippen LogP contribution in [-0.4, -0.2) is 28.2 Å². The molecular weight excluding hydrogens is 358 g/mol. The van der Waals surface area contributed by atoms with E-state index >= 15 is 0 Å². The average molecular weight is 377 g/mol. The Balaban J connectivity index is 1.53. The molecule has 1 atom stereocenters. The molecule has 4 rings (SSSR count). The predicted octanol–water partition coefficient (Wildman–Crippen LogP) is 4.37. The van der Waals surface area contributed by atoms with Gasteiger partial charge in [-0.15, -0.1) is 11.3 Å². The number of carbonyl (C=O) groups excluding carboxylic acids is 2. The highest BCUT2D eigenvalue weighted by Crippen LogP contribution is 2.33. The van der Waals surface area contributed by atoms with Crippen LogP contribution in [0.1, 0.15) is 44.5 Å². The third kappa shape index (κ3) is 3.75. The first-order valence-electron chi connectivity index (χ1n) is 8.88. The third-order valence-corrected chi connectivity index (χ3v) is 5.56. The summed E-state index contributed by atoms with van der Waals surface area (Å²) < 4.78 is 0. The van der Waals surface area contributed by atoms with Crippen LogP contribution < -0.4 is 5.32 Å². The number of hydrogen-bond acceptors (Lipinski definition) is 4.